The third-order valence-electron chi connectivity index (χ3n) is 4.25. The molecule has 0 saturated carbocycles. The summed E-state index contributed by atoms with van der Waals surface area (Å²) in [5.74, 6) is 3.32. The quantitative estimate of drug-likeness (QED) is 0.875. The summed E-state index contributed by atoms with van der Waals surface area (Å²) in [4.78, 5) is 12.0. The van der Waals surface area contributed by atoms with Gasteiger partial charge in [0.15, 0.2) is 5.82 Å². The molecular formula is C18H24N4OS. The van der Waals surface area contributed by atoms with Gasteiger partial charge in [-0.1, -0.05) is 36.2 Å². The first-order valence-corrected chi connectivity index (χ1v) is 9.69. The Kier molecular flexibility index (Phi) is 5.91. The van der Waals surface area contributed by atoms with E-state index in [1.807, 2.05) is 0 Å². The van der Waals surface area contributed by atoms with Crippen LogP contribution in [0.5, 0.6) is 0 Å². The van der Waals surface area contributed by atoms with Crippen molar-refractivity contribution in [2.45, 2.75) is 51.4 Å². The van der Waals surface area contributed by atoms with Crippen LogP contribution in [0.15, 0.2) is 24.3 Å². The molecule has 1 aromatic heterocycles. The van der Waals surface area contributed by atoms with Crippen LogP contribution in [-0.2, 0) is 30.1 Å². The van der Waals surface area contributed by atoms with Crippen molar-refractivity contribution >= 4 is 17.7 Å². The first kappa shape index (κ1) is 17.0. The van der Waals surface area contributed by atoms with E-state index in [-0.39, 0.29) is 5.91 Å². The first-order valence-electron chi connectivity index (χ1n) is 8.53. The molecular weight excluding hydrogens is 320 g/mol. The third kappa shape index (κ3) is 4.60. The van der Waals surface area contributed by atoms with Gasteiger partial charge in [0.1, 0.15) is 5.82 Å². The molecule has 0 atom stereocenters. The lowest BCUT2D eigenvalue weighted by Gasteiger charge is -2.08. The molecule has 1 N–H and O–H groups in total. The van der Waals surface area contributed by atoms with Gasteiger partial charge in [-0.15, -0.1) is 22.0 Å². The summed E-state index contributed by atoms with van der Waals surface area (Å²) < 4.78 is 2.17. The summed E-state index contributed by atoms with van der Waals surface area (Å²) in [6.45, 7) is 3.52. The summed E-state index contributed by atoms with van der Waals surface area (Å²) in [6, 6.07) is 8.44. The number of amides is 1. The van der Waals surface area contributed by atoms with Crippen molar-refractivity contribution in [2.24, 2.45) is 0 Å². The fourth-order valence-electron chi connectivity index (χ4n) is 2.85. The van der Waals surface area contributed by atoms with E-state index >= 15 is 0 Å². The lowest BCUT2D eigenvalue weighted by molar-refractivity contribution is -0.118. The molecule has 1 aromatic carbocycles. The Bertz CT molecular complexity index is 681. The Labute approximate surface area is 147 Å². The Morgan fingerprint density at radius 2 is 2.04 bits per heavy atom. The Morgan fingerprint density at radius 1 is 1.21 bits per heavy atom. The zero-order chi connectivity index (χ0) is 16.8. The average molecular weight is 344 g/mol. The van der Waals surface area contributed by atoms with E-state index in [0.29, 0.717) is 12.3 Å². The Morgan fingerprint density at radius 3 is 2.88 bits per heavy atom. The summed E-state index contributed by atoms with van der Waals surface area (Å²) in [5.41, 5.74) is 2.51. The number of rotatable bonds is 6. The fraction of sp³-hybridized carbons (Fsp3) is 0.500. The lowest BCUT2D eigenvalue weighted by atomic mass is 10.2. The number of aromatic nitrogens is 3. The highest BCUT2D eigenvalue weighted by Crippen LogP contribution is 2.15. The number of thioether (sulfide) groups is 1. The standard InChI is InChI=1S/C18H24N4OS/c1-14-6-8-15(9-7-14)12-24-13-18(23)19-11-17-21-20-16-5-3-2-4-10-22(16)17/h6-9H,2-5,10-13H2,1H3,(H,19,23). The van der Waals surface area contributed by atoms with Crippen LogP contribution in [0.1, 0.15) is 42.0 Å². The van der Waals surface area contributed by atoms with Crippen molar-refractivity contribution in [1.82, 2.24) is 20.1 Å². The predicted octanol–water partition coefficient (Wildman–Crippen LogP) is 2.86. The second-order valence-electron chi connectivity index (χ2n) is 6.25. The van der Waals surface area contributed by atoms with Gasteiger partial charge in [0.05, 0.1) is 12.3 Å². The molecule has 128 valence electrons. The van der Waals surface area contributed by atoms with Crippen LogP contribution in [0.3, 0.4) is 0 Å². The second-order valence-corrected chi connectivity index (χ2v) is 7.24. The van der Waals surface area contributed by atoms with Gasteiger partial charge < -0.3 is 9.88 Å². The summed E-state index contributed by atoms with van der Waals surface area (Å²) >= 11 is 1.63. The van der Waals surface area contributed by atoms with E-state index in [0.717, 1.165) is 30.4 Å². The SMILES string of the molecule is Cc1ccc(CSCC(=O)NCc2nnc3n2CCCCC3)cc1. The molecule has 2 aromatic rings. The van der Waals surface area contributed by atoms with Crippen molar-refractivity contribution in [3.8, 4) is 0 Å². The molecule has 0 radical (unpaired) electrons. The minimum atomic E-state index is 0.0538. The molecule has 1 amide bonds. The zero-order valence-electron chi connectivity index (χ0n) is 14.1. The Hall–Kier alpha value is -1.82. The van der Waals surface area contributed by atoms with E-state index in [9.17, 15) is 4.79 Å². The minimum absolute atomic E-state index is 0.0538. The number of nitrogens with zero attached hydrogens (tertiary/aromatic N) is 3. The fourth-order valence-corrected chi connectivity index (χ4v) is 3.67. The van der Waals surface area contributed by atoms with Crippen LogP contribution in [0.25, 0.3) is 0 Å². The van der Waals surface area contributed by atoms with Crippen molar-refractivity contribution < 1.29 is 4.79 Å². The number of carbonyl (C=O) groups is 1. The smallest absolute Gasteiger partial charge is 0.230 e. The number of benzene rings is 1. The number of aryl methyl sites for hydroxylation is 2. The normalized spacial score (nSPS) is 14.0. The maximum Gasteiger partial charge on any atom is 0.230 e. The highest BCUT2D eigenvalue weighted by atomic mass is 32.2. The highest BCUT2D eigenvalue weighted by Gasteiger charge is 2.15. The molecule has 3 rings (SSSR count). The van der Waals surface area contributed by atoms with E-state index < -0.39 is 0 Å². The van der Waals surface area contributed by atoms with Gasteiger partial charge in [-0.3, -0.25) is 4.79 Å². The third-order valence-corrected chi connectivity index (χ3v) is 5.26. The van der Waals surface area contributed by atoms with Gasteiger partial charge in [-0.05, 0) is 25.3 Å². The molecule has 2 heterocycles. The molecule has 5 nitrogen and oxygen atoms in total. The van der Waals surface area contributed by atoms with Crippen LogP contribution >= 0.6 is 11.8 Å². The first-order chi connectivity index (χ1) is 11.7. The molecule has 1 aliphatic rings. The Balaban J connectivity index is 1.43. The van der Waals surface area contributed by atoms with Crippen LogP contribution < -0.4 is 5.32 Å². The molecule has 0 unspecified atom stereocenters. The maximum absolute atomic E-state index is 12.0. The van der Waals surface area contributed by atoms with Crippen molar-refractivity contribution in [2.75, 3.05) is 5.75 Å². The maximum atomic E-state index is 12.0. The van der Waals surface area contributed by atoms with Crippen LogP contribution in [0.4, 0.5) is 0 Å². The average Bonchev–Trinajstić information content (AvgIpc) is 2.81. The summed E-state index contributed by atoms with van der Waals surface area (Å²) in [7, 11) is 0. The van der Waals surface area contributed by atoms with Gasteiger partial charge >= 0.3 is 0 Å². The van der Waals surface area contributed by atoms with Gasteiger partial charge in [-0.25, -0.2) is 0 Å². The van der Waals surface area contributed by atoms with Gasteiger partial charge in [0.25, 0.3) is 0 Å². The van der Waals surface area contributed by atoms with Gasteiger partial charge in [0.2, 0.25) is 5.91 Å². The summed E-state index contributed by atoms with van der Waals surface area (Å²) in [6.07, 6.45) is 4.58. The van der Waals surface area contributed by atoms with E-state index in [2.05, 4.69) is 51.3 Å². The molecule has 0 spiro atoms. The van der Waals surface area contributed by atoms with Crippen LogP contribution in [0, 0.1) is 6.92 Å². The van der Waals surface area contributed by atoms with Crippen molar-refractivity contribution in [1.29, 1.82) is 0 Å². The number of hydrogen-bond acceptors (Lipinski definition) is 4. The van der Waals surface area contributed by atoms with E-state index in [1.54, 1.807) is 11.8 Å². The van der Waals surface area contributed by atoms with E-state index in [1.165, 1.54) is 30.4 Å². The zero-order valence-corrected chi connectivity index (χ0v) is 14.9. The molecule has 0 saturated heterocycles. The number of nitrogens with one attached hydrogen (secondary N) is 1. The summed E-state index contributed by atoms with van der Waals surface area (Å²) in [5, 5.41) is 11.5. The molecule has 6 heteroatoms. The number of fused-ring (bicyclic) bond motifs is 1. The molecule has 24 heavy (non-hydrogen) atoms. The van der Waals surface area contributed by atoms with Gasteiger partial charge in [-0.2, -0.15) is 0 Å². The molecule has 0 bridgehead atoms. The van der Waals surface area contributed by atoms with E-state index in [4.69, 9.17) is 0 Å². The topological polar surface area (TPSA) is 59.8 Å². The molecule has 0 fully saturated rings. The predicted molar refractivity (Wildman–Crippen MR) is 96.8 cm³/mol. The molecule has 1 aliphatic heterocycles. The lowest BCUT2D eigenvalue weighted by Crippen LogP contribution is -2.26. The molecule has 0 aliphatic carbocycles. The number of hydrogen-bond donors (Lipinski definition) is 1. The second kappa shape index (κ2) is 8.33. The van der Waals surface area contributed by atoms with Gasteiger partial charge in [0, 0.05) is 18.7 Å². The monoisotopic (exact) mass is 344 g/mol. The number of carbonyl (C=O) groups excluding carboxylic acids is 1. The van der Waals surface area contributed by atoms with Crippen molar-refractivity contribution in [3.05, 3.63) is 47.0 Å². The minimum Gasteiger partial charge on any atom is -0.348 e. The highest BCUT2D eigenvalue weighted by molar-refractivity contribution is 7.99. The largest absolute Gasteiger partial charge is 0.348 e. The van der Waals surface area contributed by atoms with Crippen molar-refractivity contribution in [3.63, 3.8) is 0 Å². The van der Waals surface area contributed by atoms with Crippen LogP contribution in [-0.4, -0.2) is 26.4 Å². The van der Waals surface area contributed by atoms with Crippen LogP contribution in [0.2, 0.25) is 0 Å².